The molecule has 0 spiro atoms. The van der Waals surface area contributed by atoms with Gasteiger partial charge in [0.1, 0.15) is 5.82 Å². The molecule has 0 bridgehead atoms. The quantitative estimate of drug-likeness (QED) is 0.447. The SMILES string of the molecule is Cc1ccc(NC(=O)CCc2nnc(S[C@@H](C)C(=O)Nc3nc(C)c(C)s3)n2C)cc1Cl. The van der Waals surface area contributed by atoms with Crippen molar-refractivity contribution in [2.24, 2.45) is 7.05 Å². The maximum atomic E-state index is 12.5. The minimum Gasteiger partial charge on any atom is -0.326 e. The Balaban J connectivity index is 1.53. The molecule has 0 radical (unpaired) electrons. The van der Waals surface area contributed by atoms with Gasteiger partial charge in [0.2, 0.25) is 11.8 Å². The Morgan fingerprint density at radius 3 is 2.62 bits per heavy atom. The summed E-state index contributed by atoms with van der Waals surface area (Å²) in [5, 5.41) is 15.5. The van der Waals surface area contributed by atoms with Gasteiger partial charge >= 0.3 is 0 Å². The molecular formula is C21H25ClN6O2S2. The van der Waals surface area contributed by atoms with Gasteiger partial charge in [-0.05, 0) is 45.4 Å². The number of carbonyl (C=O) groups is 2. The summed E-state index contributed by atoms with van der Waals surface area (Å²) in [6.07, 6.45) is 0.675. The summed E-state index contributed by atoms with van der Waals surface area (Å²) in [6.45, 7) is 7.60. The first-order chi connectivity index (χ1) is 15.1. The second kappa shape index (κ2) is 10.5. The molecule has 2 N–H and O–H groups in total. The van der Waals surface area contributed by atoms with E-state index in [1.54, 1.807) is 6.07 Å². The number of amides is 2. The molecule has 2 amide bonds. The minimum absolute atomic E-state index is 0.135. The highest BCUT2D eigenvalue weighted by atomic mass is 35.5. The van der Waals surface area contributed by atoms with Gasteiger partial charge in [-0.1, -0.05) is 29.4 Å². The summed E-state index contributed by atoms with van der Waals surface area (Å²) in [7, 11) is 1.83. The third-order valence-electron chi connectivity index (χ3n) is 4.87. The molecule has 0 aliphatic carbocycles. The van der Waals surface area contributed by atoms with Gasteiger partial charge in [0.25, 0.3) is 0 Å². The molecule has 0 saturated carbocycles. The van der Waals surface area contributed by atoms with Gasteiger partial charge in [0.05, 0.1) is 10.9 Å². The van der Waals surface area contributed by atoms with Crippen LogP contribution < -0.4 is 10.6 Å². The summed E-state index contributed by atoms with van der Waals surface area (Å²) in [5.74, 6) is 0.386. The lowest BCUT2D eigenvalue weighted by molar-refractivity contribution is -0.116. The van der Waals surface area contributed by atoms with Gasteiger partial charge in [-0.25, -0.2) is 4.98 Å². The predicted molar refractivity (Wildman–Crippen MR) is 130 cm³/mol. The number of hydrogen-bond acceptors (Lipinski definition) is 7. The lowest BCUT2D eigenvalue weighted by Crippen LogP contribution is -2.22. The fourth-order valence-electron chi connectivity index (χ4n) is 2.73. The number of halogens is 1. The Morgan fingerprint density at radius 2 is 1.97 bits per heavy atom. The molecule has 2 aromatic heterocycles. The van der Waals surface area contributed by atoms with Crippen LogP contribution in [0.5, 0.6) is 0 Å². The van der Waals surface area contributed by atoms with Gasteiger partial charge in [-0.15, -0.1) is 21.5 Å². The van der Waals surface area contributed by atoms with E-state index in [0.717, 1.165) is 16.1 Å². The molecule has 0 fully saturated rings. The van der Waals surface area contributed by atoms with Crippen LogP contribution in [0.1, 0.15) is 35.3 Å². The average Bonchev–Trinajstić information content (AvgIpc) is 3.24. The Bertz CT molecular complexity index is 1120. The zero-order chi connectivity index (χ0) is 23.4. The van der Waals surface area contributed by atoms with Crippen molar-refractivity contribution in [3.05, 3.63) is 45.2 Å². The maximum absolute atomic E-state index is 12.5. The number of thioether (sulfide) groups is 1. The number of rotatable bonds is 8. The number of anilines is 2. The number of hydrogen-bond donors (Lipinski definition) is 2. The van der Waals surface area contributed by atoms with Gasteiger partial charge in [-0.3, -0.25) is 9.59 Å². The van der Waals surface area contributed by atoms with Crippen molar-refractivity contribution in [1.29, 1.82) is 0 Å². The van der Waals surface area contributed by atoms with Crippen molar-refractivity contribution in [1.82, 2.24) is 19.7 Å². The van der Waals surface area contributed by atoms with E-state index in [-0.39, 0.29) is 23.5 Å². The van der Waals surface area contributed by atoms with E-state index in [1.807, 2.05) is 51.4 Å². The van der Waals surface area contributed by atoms with Crippen molar-refractivity contribution in [3.8, 4) is 0 Å². The Hall–Kier alpha value is -2.43. The fraction of sp³-hybridized carbons (Fsp3) is 0.381. The molecule has 32 heavy (non-hydrogen) atoms. The lowest BCUT2D eigenvalue weighted by Gasteiger charge is -2.10. The molecular weight excluding hydrogens is 468 g/mol. The lowest BCUT2D eigenvalue weighted by atomic mass is 10.2. The second-order valence-electron chi connectivity index (χ2n) is 7.38. The molecule has 2 heterocycles. The number of nitrogens with zero attached hydrogens (tertiary/aromatic N) is 4. The van der Waals surface area contributed by atoms with Crippen molar-refractivity contribution >= 4 is 57.3 Å². The van der Waals surface area contributed by atoms with Crippen LogP contribution in [-0.4, -0.2) is 36.8 Å². The van der Waals surface area contributed by atoms with Crippen molar-refractivity contribution in [3.63, 3.8) is 0 Å². The van der Waals surface area contributed by atoms with E-state index in [1.165, 1.54) is 23.1 Å². The zero-order valence-electron chi connectivity index (χ0n) is 18.5. The highest BCUT2D eigenvalue weighted by molar-refractivity contribution is 8.00. The van der Waals surface area contributed by atoms with Crippen molar-refractivity contribution < 1.29 is 9.59 Å². The highest BCUT2D eigenvalue weighted by Gasteiger charge is 2.20. The van der Waals surface area contributed by atoms with Gasteiger partial charge in [0, 0.05) is 35.5 Å². The molecule has 0 aliphatic heterocycles. The Morgan fingerprint density at radius 1 is 1.22 bits per heavy atom. The van der Waals surface area contributed by atoms with Gasteiger partial charge in [-0.2, -0.15) is 0 Å². The van der Waals surface area contributed by atoms with Crippen LogP contribution in [0.4, 0.5) is 10.8 Å². The first-order valence-electron chi connectivity index (χ1n) is 10.00. The topological polar surface area (TPSA) is 102 Å². The van der Waals surface area contributed by atoms with Crippen LogP contribution in [-0.2, 0) is 23.1 Å². The largest absolute Gasteiger partial charge is 0.326 e. The van der Waals surface area contributed by atoms with Crippen LogP contribution in [0.25, 0.3) is 0 Å². The van der Waals surface area contributed by atoms with Crippen LogP contribution in [0.15, 0.2) is 23.4 Å². The summed E-state index contributed by atoms with van der Waals surface area (Å²) < 4.78 is 1.81. The second-order valence-corrected chi connectivity index (χ2v) is 10.3. The predicted octanol–water partition coefficient (Wildman–Crippen LogP) is 4.54. The standard InChI is InChI=1S/C21H25ClN6O2S2/c1-11-6-7-15(10-16(11)22)24-18(29)9-8-17-26-27-21(28(17)5)32-14(4)19(30)25-20-23-12(2)13(3)31-20/h6-7,10,14H,8-9H2,1-5H3,(H,24,29)(H,23,25,30)/t14-/m0/s1. The first-order valence-corrected chi connectivity index (χ1v) is 12.1. The highest BCUT2D eigenvalue weighted by Crippen LogP contribution is 2.25. The van der Waals surface area contributed by atoms with E-state index < -0.39 is 0 Å². The van der Waals surface area contributed by atoms with E-state index >= 15 is 0 Å². The fourth-order valence-corrected chi connectivity index (χ4v) is 4.56. The minimum atomic E-state index is -0.384. The first kappa shape index (κ1) is 24.2. The Labute approximate surface area is 200 Å². The molecule has 3 rings (SSSR count). The normalized spacial score (nSPS) is 11.9. The molecule has 3 aromatic rings. The van der Waals surface area contributed by atoms with Gasteiger partial charge < -0.3 is 15.2 Å². The monoisotopic (exact) mass is 492 g/mol. The van der Waals surface area contributed by atoms with Crippen molar-refractivity contribution in [2.75, 3.05) is 10.6 Å². The van der Waals surface area contributed by atoms with Crippen molar-refractivity contribution in [2.45, 2.75) is 50.9 Å². The molecule has 0 unspecified atom stereocenters. The van der Waals surface area contributed by atoms with Crippen LogP contribution in [0, 0.1) is 20.8 Å². The van der Waals surface area contributed by atoms with Gasteiger partial charge in [0.15, 0.2) is 10.3 Å². The average molecular weight is 493 g/mol. The summed E-state index contributed by atoms with van der Waals surface area (Å²) in [6, 6.07) is 5.40. The van der Waals surface area contributed by atoms with Crippen LogP contribution in [0.3, 0.4) is 0 Å². The molecule has 1 atom stereocenters. The number of carbonyl (C=O) groups excluding carboxylic acids is 2. The number of thiazole rings is 1. The number of benzene rings is 1. The Kier molecular flexibility index (Phi) is 7.91. The third kappa shape index (κ3) is 6.08. The third-order valence-corrected chi connectivity index (χ3v) is 7.40. The number of aromatic nitrogens is 4. The summed E-state index contributed by atoms with van der Waals surface area (Å²) >= 11 is 8.87. The molecule has 11 heteroatoms. The number of nitrogens with one attached hydrogen (secondary N) is 2. The molecule has 1 aromatic carbocycles. The van der Waals surface area contributed by atoms with E-state index in [4.69, 9.17) is 11.6 Å². The summed E-state index contributed by atoms with van der Waals surface area (Å²) in [4.78, 5) is 30.2. The molecule has 170 valence electrons. The molecule has 0 saturated heterocycles. The maximum Gasteiger partial charge on any atom is 0.239 e. The van der Waals surface area contributed by atoms with E-state index in [0.29, 0.717) is 33.2 Å². The zero-order valence-corrected chi connectivity index (χ0v) is 20.9. The molecule has 8 nitrogen and oxygen atoms in total. The smallest absolute Gasteiger partial charge is 0.239 e. The molecule has 0 aliphatic rings. The van der Waals surface area contributed by atoms with E-state index in [2.05, 4.69) is 25.8 Å². The van der Waals surface area contributed by atoms with Crippen LogP contribution in [0.2, 0.25) is 5.02 Å². The summed E-state index contributed by atoms with van der Waals surface area (Å²) in [5.41, 5.74) is 2.52. The van der Waals surface area contributed by atoms with Crippen LogP contribution >= 0.6 is 34.7 Å². The number of aryl methyl sites for hydroxylation is 4. The van der Waals surface area contributed by atoms with E-state index in [9.17, 15) is 9.59 Å².